The van der Waals surface area contributed by atoms with Gasteiger partial charge in [-0.2, -0.15) is 18.3 Å². The van der Waals surface area contributed by atoms with Gasteiger partial charge in [0.25, 0.3) is 11.1 Å². The number of fused-ring (bicyclic) bond motifs is 1. The van der Waals surface area contributed by atoms with Crippen molar-refractivity contribution in [3.63, 3.8) is 0 Å². The molecular weight excluding hydrogens is 571 g/mol. The van der Waals surface area contributed by atoms with Gasteiger partial charge in [0, 0.05) is 24.7 Å². The van der Waals surface area contributed by atoms with E-state index in [0.717, 1.165) is 16.5 Å². The average molecular weight is 592 g/mol. The Morgan fingerprint density at radius 1 is 1.32 bits per heavy atom. The van der Waals surface area contributed by atoms with Gasteiger partial charge < -0.3 is 9.67 Å². The second-order valence-corrected chi connectivity index (χ2v) is 10.8. The molecule has 3 aliphatic rings. The fourth-order valence-corrected chi connectivity index (χ4v) is 5.76. The van der Waals surface area contributed by atoms with E-state index in [-0.39, 0.29) is 34.5 Å². The monoisotopic (exact) mass is 591 g/mol. The number of benzene rings is 1. The van der Waals surface area contributed by atoms with Crippen LogP contribution in [-0.2, 0) is 35.8 Å². The number of halogens is 4. The number of hydrogen-bond acceptors (Lipinski definition) is 7. The fraction of sp³-hybridized carbons (Fsp3) is 0.269. The van der Waals surface area contributed by atoms with Gasteiger partial charge in [-0.05, 0) is 59.2 Å². The molecule has 1 saturated heterocycles. The standard InChI is InChI=1S/C26H21ClF3N5O4S/c1-33-12-18(31-13-33)9-21(24(37)38)35-23(36)22(40-25(35)39)7-14-2-5-20-16(6-14)10-32-34(20)11-15-3-4-17(27)8-19(15)26(28,29)30/h2-4,6-8,10,12-13,20-21H,5,9,11H2,1H3,(H,37,38)/b22-7-. The Morgan fingerprint density at radius 2 is 2.10 bits per heavy atom. The number of carboxylic acid groups (broad SMARTS) is 1. The van der Waals surface area contributed by atoms with E-state index in [1.807, 2.05) is 0 Å². The van der Waals surface area contributed by atoms with Gasteiger partial charge in [0.05, 0.1) is 41.3 Å². The van der Waals surface area contributed by atoms with Crippen LogP contribution < -0.4 is 0 Å². The number of amides is 2. The third-order valence-corrected chi connectivity index (χ3v) is 7.72. The van der Waals surface area contributed by atoms with Crippen LogP contribution in [0.15, 0.2) is 70.1 Å². The third kappa shape index (κ3) is 5.56. The van der Waals surface area contributed by atoms with Crippen molar-refractivity contribution in [3.8, 4) is 0 Å². The smallest absolute Gasteiger partial charge is 0.416 e. The number of aliphatic carboxylic acids is 1. The van der Waals surface area contributed by atoms with Gasteiger partial charge in [-0.15, -0.1) is 0 Å². The second kappa shape index (κ2) is 10.6. The molecule has 40 heavy (non-hydrogen) atoms. The minimum atomic E-state index is -4.57. The van der Waals surface area contributed by atoms with E-state index >= 15 is 0 Å². The van der Waals surface area contributed by atoms with Crippen molar-refractivity contribution in [1.29, 1.82) is 0 Å². The number of aryl methyl sites for hydroxylation is 1. The molecule has 9 nitrogen and oxygen atoms in total. The number of alkyl halides is 3. The lowest BCUT2D eigenvalue weighted by Crippen LogP contribution is -2.45. The first-order chi connectivity index (χ1) is 18.9. The third-order valence-electron chi connectivity index (χ3n) is 6.60. The highest BCUT2D eigenvalue weighted by Gasteiger charge is 2.43. The highest BCUT2D eigenvalue weighted by molar-refractivity contribution is 8.18. The van der Waals surface area contributed by atoms with Crippen LogP contribution in [0.2, 0.25) is 5.02 Å². The molecule has 1 aromatic carbocycles. The SMILES string of the molecule is Cn1cnc(CC(C(=O)O)N2C(=O)S/C(=C\C3=CCC4C(=C3)C=NN4Cc3ccc(Cl)cc3C(F)(F)F)C2=O)c1. The van der Waals surface area contributed by atoms with Gasteiger partial charge in [0.2, 0.25) is 0 Å². The Bertz CT molecular complexity index is 1530. The second-order valence-electron chi connectivity index (χ2n) is 9.38. The number of aromatic nitrogens is 2. The van der Waals surface area contributed by atoms with Gasteiger partial charge in [0.15, 0.2) is 0 Å². The van der Waals surface area contributed by atoms with Crippen molar-refractivity contribution in [1.82, 2.24) is 19.5 Å². The summed E-state index contributed by atoms with van der Waals surface area (Å²) < 4.78 is 42.2. The summed E-state index contributed by atoms with van der Waals surface area (Å²) in [5.41, 5.74) is 0.975. The maximum absolute atomic E-state index is 13.5. The lowest BCUT2D eigenvalue weighted by Gasteiger charge is -2.27. The number of carboxylic acids is 1. The predicted molar refractivity (Wildman–Crippen MR) is 141 cm³/mol. The minimum absolute atomic E-state index is 0.0114. The summed E-state index contributed by atoms with van der Waals surface area (Å²) in [6.07, 6.45) is 5.39. The van der Waals surface area contributed by atoms with Crippen molar-refractivity contribution >= 4 is 46.7 Å². The number of imide groups is 1. The van der Waals surface area contributed by atoms with E-state index in [1.165, 1.54) is 24.5 Å². The molecule has 1 fully saturated rings. The van der Waals surface area contributed by atoms with E-state index in [2.05, 4.69) is 10.1 Å². The van der Waals surface area contributed by atoms with E-state index in [9.17, 15) is 32.7 Å². The number of hydrazone groups is 1. The normalized spacial score (nSPS) is 20.7. The van der Waals surface area contributed by atoms with Gasteiger partial charge in [-0.25, -0.2) is 9.78 Å². The molecule has 14 heteroatoms. The van der Waals surface area contributed by atoms with Crippen molar-refractivity contribution in [3.05, 3.63) is 86.8 Å². The largest absolute Gasteiger partial charge is 0.480 e. The van der Waals surface area contributed by atoms with E-state index in [4.69, 9.17) is 11.6 Å². The summed E-state index contributed by atoms with van der Waals surface area (Å²) in [5.74, 6) is -2.04. The van der Waals surface area contributed by atoms with Crippen LogP contribution >= 0.6 is 23.4 Å². The van der Waals surface area contributed by atoms with Crippen LogP contribution in [0.4, 0.5) is 18.0 Å². The molecule has 2 unspecified atom stereocenters. The first kappa shape index (κ1) is 27.7. The van der Waals surface area contributed by atoms with Gasteiger partial charge >= 0.3 is 12.1 Å². The molecule has 0 radical (unpaired) electrons. The molecular formula is C26H21ClF3N5O4S. The maximum Gasteiger partial charge on any atom is 0.416 e. The summed E-state index contributed by atoms with van der Waals surface area (Å²) in [6, 6.07) is 1.91. The quantitative estimate of drug-likeness (QED) is 0.461. The molecule has 2 aromatic rings. The van der Waals surface area contributed by atoms with Gasteiger partial charge in [0.1, 0.15) is 6.04 Å². The zero-order chi connectivity index (χ0) is 28.8. The number of rotatable bonds is 7. The Labute approximate surface area is 235 Å². The summed E-state index contributed by atoms with van der Waals surface area (Å²) in [5, 5.41) is 14.9. The minimum Gasteiger partial charge on any atom is -0.480 e. The number of hydrogen-bond donors (Lipinski definition) is 1. The zero-order valence-corrected chi connectivity index (χ0v) is 22.4. The van der Waals surface area contributed by atoms with Crippen LogP contribution in [0.25, 0.3) is 0 Å². The summed E-state index contributed by atoms with van der Waals surface area (Å²) in [4.78, 5) is 42.6. The Balaban J connectivity index is 1.30. The van der Waals surface area contributed by atoms with Gasteiger partial charge in [-0.1, -0.05) is 23.7 Å². The van der Waals surface area contributed by atoms with Crippen LogP contribution in [-0.4, -0.2) is 60.0 Å². The molecule has 1 N–H and O–H groups in total. The summed E-state index contributed by atoms with van der Waals surface area (Å²) in [6.45, 7) is -0.0839. The van der Waals surface area contributed by atoms with E-state index < -0.39 is 34.9 Å². The molecule has 0 spiro atoms. The molecule has 3 heterocycles. The van der Waals surface area contributed by atoms with Crippen LogP contribution in [0, 0.1) is 0 Å². The van der Waals surface area contributed by atoms with Crippen LogP contribution in [0.3, 0.4) is 0 Å². The molecule has 1 aromatic heterocycles. The van der Waals surface area contributed by atoms with Crippen LogP contribution in [0.1, 0.15) is 23.2 Å². The molecule has 2 atom stereocenters. The first-order valence-electron chi connectivity index (χ1n) is 12.0. The number of nitrogens with zero attached hydrogens (tertiary/aromatic N) is 5. The molecule has 0 bridgehead atoms. The lowest BCUT2D eigenvalue weighted by molar-refractivity contribution is -0.145. The highest BCUT2D eigenvalue weighted by atomic mass is 35.5. The van der Waals surface area contributed by atoms with Crippen LogP contribution in [0.5, 0.6) is 0 Å². The molecule has 1 aliphatic carbocycles. The van der Waals surface area contributed by atoms with Crippen molar-refractivity contribution < 1.29 is 32.7 Å². The van der Waals surface area contributed by atoms with Crippen molar-refractivity contribution in [2.24, 2.45) is 12.1 Å². The molecule has 2 amide bonds. The Hall–Kier alpha value is -3.84. The topological polar surface area (TPSA) is 108 Å². The molecule has 208 valence electrons. The van der Waals surface area contributed by atoms with Crippen molar-refractivity contribution in [2.45, 2.75) is 37.6 Å². The highest BCUT2D eigenvalue weighted by Crippen LogP contribution is 2.38. The number of allylic oxidation sites excluding steroid dienone is 3. The molecule has 5 rings (SSSR count). The van der Waals surface area contributed by atoms with E-state index in [0.29, 0.717) is 29.4 Å². The summed E-state index contributed by atoms with van der Waals surface area (Å²) in [7, 11) is 1.72. The number of carbonyl (C=O) groups is 3. The zero-order valence-electron chi connectivity index (χ0n) is 20.8. The summed E-state index contributed by atoms with van der Waals surface area (Å²) >= 11 is 6.43. The Kier molecular flexibility index (Phi) is 7.36. The van der Waals surface area contributed by atoms with E-state index in [1.54, 1.807) is 41.2 Å². The van der Waals surface area contributed by atoms with Gasteiger partial charge in [-0.3, -0.25) is 19.5 Å². The average Bonchev–Trinajstić information content (AvgIpc) is 3.55. The van der Waals surface area contributed by atoms with Crippen molar-refractivity contribution in [2.75, 3.05) is 0 Å². The molecule has 2 aliphatic heterocycles. The number of carbonyl (C=O) groups excluding carboxylic acids is 2. The predicted octanol–water partition coefficient (Wildman–Crippen LogP) is 4.79. The lowest BCUT2D eigenvalue weighted by atomic mass is 9.94. The fourth-order valence-electron chi connectivity index (χ4n) is 4.71. The Morgan fingerprint density at radius 3 is 2.77 bits per heavy atom. The first-order valence-corrected chi connectivity index (χ1v) is 13.1. The molecule has 0 saturated carbocycles. The maximum atomic E-state index is 13.5. The number of thioether (sulfide) groups is 1. The number of imidazole rings is 1.